The van der Waals surface area contributed by atoms with Crippen molar-refractivity contribution in [1.82, 2.24) is 4.57 Å². The normalized spacial score (nSPS) is 12.5. The highest BCUT2D eigenvalue weighted by molar-refractivity contribution is 7.27. The van der Waals surface area contributed by atoms with Gasteiger partial charge in [-0.2, -0.15) is 0 Å². The van der Waals surface area contributed by atoms with Crippen LogP contribution in [0.4, 0.5) is 0 Å². The molecule has 3 aromatic heterocycles. The monoisotopic (exact) mass is 639 g/mol. The van der Waals surface area contributed by atoms with Crippen molar-refractivity contribution >= 4 is 86.0 Å². The summed E-state index contributed by atoms with van der Waals surface area (Å²) in [5.41, 5.74) is 13.2. The van der Waals surface area contributed by atoms with E-state index in [9.17, 15) is 0 Å². The lowest BCUT2D eigenvalue weighted by molar-refractivity contribution is 0.673. The molecule has 0 unspecified atom stereocenters. The first kappa shape index (κ1) is 25.9. The van der Waals surface area contributed by atoms with Crippen LogP contribution in [-0.2, 0) is 0 Å². The third-order valence-corrected chi connectivity index (χ3v) is 11.9. The van der Waals surface area contributed by atoms with E-state index >= 15 is 0 Å². The highest BCUT2D eigenvalue weighted by Gasteiger charge is 2.26. The molecular weight excluding hydrogens is 615 g/mol. The number of nitrogens with zero attached hydrogens (tertiary/aromatic N) is 1. The van der Waals surface area contributed by atoms with Gasteiger partial charge in [-0.25, -0.2) is 0 Å². The molecule has 0 amide bonds. The Morgan fingerprint density at radius 3 is 2.02 bits per heavy atom. The molecule has 3 heterocycles. The Morgan fingerprint density at radius 2 is 1.12 bits per heavy atom. The molecule has 1 aliphatic rings. The van der Waals surface area contributed by atoms with E-state index in [1.165, 1.54) is 96.9 Å². The maximum atomic E-state index is 6.82. The largest absolute Gasteiger partial charge is 0.455 e. The topological polar surface area (TPSA) is 18.1 Å². The first-order valence-electron chi connectivity index (χ1n) is 16.8. The van der Waals surface area contributed by atoms with Crippen molar-refractivity contribution in [1.29, 1.82) is 0 Å². The minimum Gasteiger partial charge on any atom is -0.455 e. The van der Waals surface area contributed by atoms with Crippen LogP contribution in [-0.4, -0.2) is 4.57 Å². The van der Waals surface area contributed by atoms with Crippen LogP contribution in [0.3, 0.4) is 0 Å². The molecule has 0 N–H and O–H groups in total. The Balaban J connectivity index is 1.21. The van der Waals surface area contributed by atoms with E-state index in [0.29, 0.717) is 0 Å². The molecule has 8 aromatic carbocycles. The molecule has 0 aliphatic heterocycles. The first-order valence-corrected chi connectivity index (χ1v) is 17.6. The molecule has 0 saturated carbocycles. The average molecular weight is 640 g/mol. The zero-order valence-corrected chi connectivity index (χ0v) is 27.0. The standard InChI is InChI=1S/C46H25NOS/c1-2-14-30-29(13-1)32-19-10-18-31-28(23-24-33(30)40(31)32)26-11-9-12-27(25-26)47-37-20-6-3-15-34(37)41-44(47)42-36-17-5-8-22-39(36)49-46(42)43-35-16-4-7-21-38(35)48-45(41)43/h1-25H. The van der Waals surface area contributed by atoms with Crippen LogP contribution in [0.2, 0.25) is 0 Å². The van der Waals surface area contributed by atoms with E-state index in [0.717, 1.165) is 16.9 Å². The second-order valence-corrected chi connectivity index (χ2v) is 14.2. The smallest absolute Gasteiger partial charge is 0.146 e. The summed E-state index contributed by atoms with van der Waals surface area (Å²) in [4.78, 5) is 0. The SMILES string of the molecule is c1cc(-c2ccc3c4c(cccc24)-c2ccccc2-3)cc(-n2c3ccccc3c3c4oc5ccccc5c4c4sc5ccccc5c4c32)c1. The van der Waals surface area contributed by atoms with Gasteiger partial charge in [0.25, 0.3) is 0 Å². The van der Waals surface area contributed by atoms with Gasteiger partial charge in [-0.3, -0.25) is 0 Å². The molecule has 0 radical (unpaired) electrons. The number of aromatic nitrogens is 1. The fourth-order valence-electron chi connectivity index (χ4n) is 8.75. The molecule has 3 heteroatoms. The van der Waals surface area contributed by atoms with E-state index in [4.69, 9.17) is 4.42 Å². The molecule has 0 fully saturated rings. The van der Waals surface area contributed by atoms with Crippen molar-refractivity contribution in [2.75, 3.05) is 0 Å². The van der Waals surface area contributed by atoms with Gasteiger partial charge in [0.1, 0.15) is 11.2 Å². The van der Waals surface area contributed by atoms with Crippen molar-refractivity contribution in [2.24, 2.45) is 0 Å². The summed E-state index contributed by atoms with van der Waals surface area (Å²) < 4.78 is 11.9. The third kappa shape index (κ3) is 3.25. The van der Waals surface area contributed by atoms with Crippen molar-refractivity contribution < 1.29 is 4.42 Å². The van der Waals surface area contributed by atoms with E-state index in [-0.39, 0.29) is 0 Å². The lowest BCUT2D eigenvalue weighted by Crippen LogP contribution is -1.95. The Kier molecular flexibility index (Phi) is 4.89. The predicted octanol–water partition coefficient (Wildman–Crippen LogP) is 13.5. The van der Waals surface area contributed by atoms with Crippen LogP contribution in [0.15, 0.2) is 156 Å². The zero-order chi connectivity index (χ0) is 31.8. The molecule has 0 spiro atoms. The Morgan fingerprint density at radius 1 is 0.449 bits per heavy atom. The van der Waals surface area contributed by atoms with Gasteiger partial charge >= 0.3 is 0 Å². The number of hydrogen-bond donors (Lipinski definition) is 0. The van der Waals surface area contributed by atoms with E-state index in [2.05, 4.69) is 156 Å². The van der Waals surface area contributed by atoms with Gasteiger partial charge in [0.05, 0.1) is 16.4 Å². The predicted molar refractivity (Wildman–Crippen MR) is 208 cm³/mol. The number of thiophene rings is 1. The number of fused-ring (bicyclic) bond motifs is 15. The minimum absolute atomic E-state index is 0.928. The van der Waals surface area contributed by atoms with Crippen molar-refractivity contribution in [2.45, 2.75) is 0 Å². The van der Waals surface area contributed by atoms with E-state index in [1.54, 1.807) is 0 Å². The molecule has 11 aromatic rings. The summed E-state index contributed by atoms with van der Waals surface area (Å²) in [7, 11) is 0. The van der Waals surface area contributed by atoms with Crippen LogP contribution < -0.4 is 0 Å². The van der Waals surface area contributed by atoms with Crippen molar-refractivity contribution in [3.8, 4) is 39.1 Å². The maximum Gasteiger partial charge on any atom is 0.146 e. The summed E-state index contributed by atoms with van der Waals surface area (Å²) >= 11 is 1.87. The second kappa shape index (κ2) is 9.25. The Labute approximate surface area is 284 Å². The molecule has 0 atom stereocenters. The van der Waals surface area contributed by atoms with E-state index < -0.39 is 0 Å². The van der Waals surface area contributed by atoms with Crippen molar-refractivity contribution in [3.05, 3.63) is 152 Å². The lowest BCUT2D eigenvalue weighted by atomic mass is 9.94. The van der Waals surface area contributed by atoms with Crippen LogP contribution >= 0.6 is 11.3 Å². The van der Waals surface area contributed by atoms with Crippen LogP contribution in [0.25, 0.3) is 114 Å². The minimum atomic E-state index is 0.928. The van der Waals surface area contributed by atoms with Gasteiger partial charge in [-0.05, 0) is 74.5 Å². The number of rotatable bonds is 2. The number of para-hydroxylation sites is 2. The lowest BCUT2D eigenvalue weighted by Gasteiger charge is -2.13. The Hall–Kier alpha value is -6.16. The number of benzene rings is 8. The molecule has 0 bridgehead atoms. The molecule has 49 heavy (non-hydrogen) atoms. The molecule has 2 nitrogen and oxygen atoms in total. The summed E-state index contributed by atoms with van der Waals surface area (Å²) in [6.45, 7) is 0. The quantitative estimate of drug-likeness (QED) is 0.184. The molecule has 12 rings (SSSR count). The van der Waals surface area contributed by atoms with Crippen LogP contribution in [0.5, 0.6) is 0 Å². The summed E-state index contributed by atoms with van der Waals surface area (Å²) in [5, 5.41) is 9.97. The molecule has 1 aliphatic carbocycles. The first-order chi connectivity index (χ1) is 24.3. The van der Waals surface area contributed by atoms with Gasteiger partial charge in [-0.15, -0.1) is 11.3 Å². The second-order valence-electron chi connectivity index (χ2n) is 13.2. The zero-order valence-electron chi connectivity index (χ0n) is 26.2. The van der Waals surface area contributed by atoms with Crippen molar-refractivity contribution in [3.63, 3.8) is 0 Å². The van der Waals surface area contributed by atoms with Crippen LogP contribution in [0, 0.1) is 0 Å². The fraction of sp³-hybridized carbons (Fsp3) is 0. The van der Waals surface area contributed by atoms with Gasteiger partial charge < -0.3 is 8.98 Å². The maximum absolute atomic E-state index is 6.82. The van der Waals surface area contributed by atoms with Crippen LogP contribution in [0.1, 0.15) is 0 Å². The summed E-state index contributed by atoms with van der Waals surface area (Å²) in [5.74, 6) is 0. The Bertz CT molecular complexity index is 3170. The fourth-order valence-corrected chi connectivity index (χ4v) is 10.0. The van der Waals surface area contributed by atoms with E-state index in [1.807, 2.05) is 11.3 Å². The van der Waals surface area contributed by atoms with Gasteiger partial charge in [0, 0.05) is 42.0 Å². The van der Waals surface area contributed by atoms with Gasteiger partial charge in [-0.1, -0.05) is 121 Å². The number of furan rings is 1. The highest BCUT2D eigenvalue weighted by atomic mass is 32.1. The van der Waals surface area contributed by atoms with Gasteiger partial charge in [0.15, 0.2) is 0 Å². The molecule has 226 valence electrons. The third-order valence-electron chi connectivity index (χ3n) is 10.7. The molecule has 0 saturated heterocycles. The average Bonchev–Trinajstić information content (AvgIpc) is 3.90. The summed E-state index contributed by atoms with van der Waals surface area (Å²) in [6, 6.07) is 55.5. The van der Waals surface area contributed by atoms with Gasteiger partial charge in [0.2, 0.25) is 0 Å². The number of hydrogen-bond acceptors (Lipinski definition) is 2. The highest BCUT2D eigenvalue weighted by Crippen LogP contribution is 2.52. The molecular formula is C46H25NOS. The summed E-state index contributed by atoms with van der Waals surface area (Å²) in [6.07, 6.45) is 0.